The van der Waals surface area contributed by atoms with Gasteiger partial charge < -0.3 is 15.7 Å². The van der Waals surface area contributed by atoms with Crippen molar-refractivity contribution in [3.05, 3.63) is 46.6 Å². The smallest absolute Gasteiger partial charge is 0.303 e. The summed E-state index contributed by atoms with van der Waals surface area (Å²) >= 11 is 5.78. The van der Waals surface area contributed by atoms with Gasteiger partial charge in [-0.1, -0.05) is 23.7 Å². The summed E-state index contributed by atoms with van der Waals surface area (Å²) < 4.78 is 0. The Morgan fingerprint density at radius 2 is 2.00 bits per heavy atom. The van der Waals surface area contributed by atoms with Crippen molar-refractivity contribution >= 4 is 23.5 Å². The highest BCUT2D eigenvalue weighted by Crippen LogP contribution is 2.09. The summed E-state index contributed by atoms with van der Waals surface area (Å²) in [4.78, 5) is 22.0. The summed E-state index contributed by atoms with van der Waals surface area (Å²) in [5, 5.41) is 23.4. The molecule has 0 radical (unpaired) electrons. The van der Waals surface area contributed by atoms with E-state index in [-0.39, 0.29) is 18.5 Å². The fourth-order valence-corrected chi connectivity index (χ4v) is 1.68. The lowest BCUT2D eigenvalue weighted by Crippen LogP contribution is -2.27. The fourth-order valence-electron chi connectivity index (χ4n) is 1.56. The SMILES string of the molecule is N#C/C(=C/NCc1ccc(Cl)cc1)C(=O)NCCCC(=O)O. The first kappa shape index (κ1) is 17.5. The predicted octanol–water partition coefficient (Wildman–Crippen LogP) is 1.82. The molecule has 0 saturated carbocycles. The minimum Gasteiger partial charge on any atom is -0.481 e. The number of carbonyl (C=O) groups excluding carboxylic acids is 1. The number of amides is 1. The van der Waals surface area contributed by atoms with Gasteiger partial charge >= 0.3 is 5.97 Å². The molecule has 1 rings (SSSR count). The number of rotatable bonds is 8. The topological polar surface area (TPSA) is 102 Å². The van der Waals surface area contributed by atoms with Crippen LogP contribution in [0.5, 0.6) is 0 Å². The van der Waals surface area contributed by atoms with Gasteiger partial charge in [-0.3, -0.25) is 9.59 Å². The number of nitrogens with zero attached hydrogens (tertiary/aromatic N) is 1. The molecule has 116 valence electrons. The fraction of sp³-hybridized carbons (Fsp3) is 0.267. The van der Waals surface area contributed by atoms with Crippen LogP contribution in [0.3, 0.4) is 0 Å². The van der Waals surface area contributed by atoms with Crippen LogP contribution in [-0.4, -0.2) is 23.5 Å². The molecule has 0 aromatic heterocycles. The molecular formula is C15H16ClN3O3. The monoisotopic (exact) mass is 321 g/mol. The summed E-state index contributed by atoms with van der Waals surface area (Å²) in [6.45, 7) is 0.663. The van der Waals surface area contributed by atoms with Crippen LogP contribution in [-0.2, 0) is 16.1 Å². The maximum atomic E-state index is 11.7. The van der Waals surface area contributed by atoms with Gasteiger partial charge in [0.25, 0.3) is 5.91 Å². The lowest BCUT2D eigenvalue weighted by Gasteiger charge is -2.05. The number of halogens is 1. The maximum Gasteiger partial charge on any atom is 0.303 e. The minimum absolute atomic E-state index is 0.0271. The van der Waals surface area contributed by atoms with E-state index in [0.717, 1.165) is 5.56 Å². The van der Waals surface area contributed by atoms with Crippen LogP contribution in [0.2, 0.25) is 5.02 Å². The van der Waals surface area contributed by atoms with Crippen molar-refractivity contribution in [3.63, 3.8) is 0 Å². The molecule has 1 amide bonds. The molecule has 0 unspecified atom stereocenters. The number of carbonyl (C=O) groups is 2. The Bertz CT molecular complexity index is 591. The third-order valence-electron chi connectivity index (χ3n) is 2.68. The van der Waals surface area contributed by atoms with Gasteiger partial charge in [0.05, 0.1) is 0 Å². The molecule has 0 spiro atoms. The van der Waals surface area contributed by atoms with E-state index >= 15 is 0 Å². The first-order valence-corrected chi connectivity index (χ1v) is 6.99. The van der Waals surface area contributed by atoms with Gasteiger partial charge in [-0.15, -0.1) is 0 Å². The lowest BCUT2D eigenvalue weighted by atomic mass is 10.2. The highest BCUT2D eigenvalue weighted by molar-refractivity contribution is 6.30. The van der Waals surface area contributed by atoms with Gasteiger partial charge in [0, 0.05) is 30.7 Å². The molecule has 3 N–H and O–H groups in total. The Morgan fingerprint density at radius 3 is 2.59 bits per heavy atom. The van der Waals surface area contributed by atoms with Crippen molar-refractivity contribution in [2.24, 2.45) is 0 Å². The molecule has 0 aliphatic rings. The molecule has 1 aromatic carbocycles. The normalized spacial score (nSPS) is 10.6. The average molecular weight is 322 g/mol. The number of hydrogen-bond acceptors (Lipinski definition) is 4. The number of carboxylic acids is 1. The Hall–Kier alpha value is -2.52. The van der Waals surface area contributed by atoms with Crippen LogP contribution < -0.4 is 10.6 Å². The Kier molecular flexibility index (Phi) is 7.51. The second-order valence-corrected chi connectivity index (χ2v) is 4.87. The number of nitrogens with one attached hydrogen (secondary N) is 2. The molecule has 22 heavy (non-hydrogen) atoms. The second-order valence-electron chi connectivity index (χ2n) is 4.43. The van der Waals surface area contributed by atoms with E-state index in [1.54, 1.807) is 18.2 Å². The van der Waals surface area contributed by atoms with Crippen LogP contribution >= 0.6 is 11.6 Å². The largest absolute Gasteiger partial charge is 0.481 e. The lowest BCUT2D eigenvalue weighted by molar-refractivity contribution is -0.137. The Balaban J connectivity index is 2.42. The van der Waals surface area contributed by atoms with Gasteiger partial charge in [0.1, 0.15) is 11.6 Å². The predicted molar refractivity (Wildman–Crippen MR) is 81.9 cm³/mol. The Labute approximate surface area is 133 Å². The molecule has 0 bridgehead atoms. The molecule has 0 heterocycles. The van der Waals surface area contributed by atoms with Crippen LogP contribution in [0.15, 0.2) is 36.0 Å². The zero-order valence-electron chi connectivity index (χ0n) is 11.8. The minimum atomic E-state index is -0.921. The van der Waals surface area contributed by atoms with Gasteiger partial charge in [-0.05, 0) is 24.1 Å². The number of aliphatic carboxylic acids is 1. The van der Waals surface area contributed by atoms with E-state index in [1.807, 2.05) is 12.1 Å². The number of nitriles is 1. The van der Waals surface area contributed by atoms with Gasteiger partial charge in [0.2, 0.25) is 0 Å². The number of carboxylic acid groups (broad SMARTS) is 1. The molecule has 7 heteroatoms. The highest BCUT2D eigenvalue weighted by Gasteiger charge is 2.08. The van der Waals surface area contributed by atoms with E-state index < -0.39 is 11.9 Å². The zero-order chi connectivity index (χ0) is 16.4. The standard InChI is InChI=1S/C15H16ClN3O3/c16-13-5-3-11(4-6-13)9-18-10-12(8-17)15(22)19-7-1-2-14(20)21/h3-6,10,18H,1-2,7,9H2,(H,19,22)(H,20,21)/b12-10-. The van der Waals surface area contributed by atoms with E-state index in [9.17, 15) is 9.59 Å². The van der Waals surface area contributed by atoms with Crippen molar-refractivity contribution in [2.75, 3.05) is 6.54 Å². The van der Waals surface area contributed by atoms with E-state index in [1.165, 1.54) is 6.20 Å². The van der Waals surface area contributed by atoms with Crippen LogP contribution in [0.1, 0.15) is 18.4 Å². The first-order valence-electron chi connectivity index (χ1n) is 6.61. The summed E-state index contributed by atoms with van der Waals surface area (Å²) in [6, 6.07) is 8.97. The Morgan fingerprint density at radius 1 is 1.32 bits per heavy atom. The van der Waals surface area contributed by atoms with Crippen molar-refractivity contribution in [1.29, 1.82) is 5.26 Å². The first-order chi connectivity index (χ1) is 10.5. The van der Waals surface area contributed by atoms with Crippen molar-refractivity contribution in [3.8, 4) is 6.07 Å². The quantitative estimate of drug-likeness (QED) is 0.385. The van der Waals surface area contributed by atoms with E-state index in [2.05, 4.69) is 10.6 Å². The van der Waals surface area contributed by atoms with Crippen molar-refractivity contribution < 1.29 is 14.7 Å². The molecule has 6 nitrogen and oxygen atoms in total. The van der Waals surface area contributed by atoms with Gasteiger partial charge in [-0.25, -0.2) is 0 Å². The summed E-state index contributed by atoms with van der Waals surface area (Å²) in [7, 11) is 0. The zero-order valence-corrected chi connectivity index (χ0v) is 12.6. The molecular weight excluding hydrogens is 306 g/mol. The molecule has 0 atom stereocenters. The van der Waals surface area contributed by atoms with Crippen molar-refractivity contribution in [2.45, 2.75) is 19.4 Å². The molecule has 0 aliphatic heterocycles. The number of benzene rings is 1. The van der Waals surface area contributed by atoms with Crippen molar-refractivity contribution in [1.82, 2.24) is 10.6 Å². The third-order valence-corrected chi connectivity index (χ3v) is 2.94. The number of hydrogen-bond donors (Lipinski definition) is 3. The van der Waals surface area contributed by atoms with Crippen LogP contribution in [0.4, 0.5) is 0 Å². The van der Waals surface area contributed by atoms with Crippen LogP contribution in [0.25, 0.3) is 0 Å². The molecule has 0 saturated heterocycles. The molecule has 1 aromatic rings. The van der Waals surface area contributed by atoms with Gasteiger partial charge in [0.15, 0.2) is 0 Å². The summed E-state index contributed by atoms with van der Waals surface area (Å²) in [5.74, 6) is -1.45. The molecule has 0 fully saturated rings. The summed E-state index contributed by atoms with van der Waals surface area (Å²) in [6.07, 6.45) is 1.62. The second kappa shape index (κ2) is 9.42. The third kappa shape index (κ3) is 6.77. The van der Waals surface area contributed by atoms with E-state index in [4.69, 9.17) is 22.0 Å². The average Bonchev–Trinajstić information content (AvgIpc) is 2.49. The van der Waals surface area contributed by atoms with Gasteiger partial charge in [-0.2, -0.15) is 5.26 Å². The van der Waals surface area contributed by atoms with Crippen LogP contribution in [0, 0.1) is 11.3 Å². The highest BCUT2D eigenvalue weighted by atomic mass is 35.5. The molecule has 0 aliphatic carbocycles. The summed E-state index contributed by atoms with van der Waals surface area (Å²) in [5.41, 5.74) is 0.893. The maximum absolute atomic E-state index is 11.7. The van der Waals surface area contributed by atoms with E-state index in [0.29, 0.717) is 18.0 Å².